The fraction of sp³-hybridized carbons (Fsp3) is 0.360. The molecule has 1 saturated heterocycles. The van der Waals surface area contributed by atoms with E-state index in [1.807, 2.05) is 30.3 Å². The standard InChI is InChI=1S/C25H30N4O3/c1-18-8-9-21(22(12-18)31-17-19-10-11-30-16-19)13-28-25(26-2)29-15-24-27-14-23(32-24)20-6-4-3-5-7-20/h3-9,12,14,19H,10-11,13,15-17H2,1-2H3,(H2,26,28,29). The minimum atomic E-state index is 0.436. The summed E-state index contributed by atoms with van der Waals surface area (Å²) in [6.07, 6.45) is 2.80. The van der Waals surface area contributed by atoms with Crippen LogP contribution in [0.5, 0.6) is 5.75 Å². The van der Waals surface area contributed by atoms with Crippen LogP contribution < -0.4 is 15.4 Å². The van der Waals surface area contributed by atoms with Crippen molar-refractivity contribution in [2.45, 2.75) is 26.4 Å². The normalized spacial score (nSPS) is 16.2. The Bertz CT molecular complexity index is 1030. The van der Waals surface area contributed by atoms with E-state index < -0.39 is 0 Å². The number of nitrogens with one attached hydrogen (secondary N) is 2. The highest BCUT2D eigenvalue weighted by Crippen LogP contribution is 2.23. The number of guanidine groups is 1. The average molecular weight is 435 g/mol. The zero-order chi connectivity index (χ0) is 22.2. The Morgan fingerprint density at radius 3 is 2.78 bits per heavy atom. The first-order valence-corrected chi connectivity index (χ1v) is 11.0. The number of ether oxygens (including phenoxy) is 2. The smallest absolute Gasteiger partial charge is 0.214 e. The van der Waals surface area contributed by atoms with Gasteiger partial charge in [-0.25, -0.2) is 4.98 Å². The Labute approximate surface area is 188 Å². The van der Waals surface area contributed by atoms with E-state index >= 15 is 0 Å². The van der Waals surface area contributed by atoms with Crippen molar-refractivity contribution < 1.29 is 13.9 Å². The van der Waals surface area contributed by atoms with Gasteiger partial charge in [0, 0.05) is 37.2 Å². The minimum Gasteiger partial charge on any atom is -0.493 e. The summed E-state index contributed by atoms with van der Waals surface area (Å²) in [4.78, 5) is 8.67. The van der Waals surface area contributed by atoms with Crippen molar-refractivity contribution >= 4 is 5.96 Å². The van der Waals surface area contributed by atoms with Crippen molar-refractivity contribution in [2.24, 2.45) is 10.9 Å². The lowest BCUT2D eigenvalue weighted by molar-refractivity contribution is 0.166. The summed E-state index contributed by atoms with van der Waals surface area (Å²) in [6, 6.07) is 16.2. The summed E-state index contributed by atoms with van der Waals surface area (Å²) in [5.74, 6) is 3.39. The van der Waals surface area contributed by atoms with Crippen LogP contribution in [-0.4, -0.2) is 37.8 Å². The topological polar surface area (TPSA) is 80.9 Å². The van der Waals surface area contributed by atoms with Crippen LogP contribution in [0.1, 0.15) is 23.4 Å². The highest BCUT2D eigenvalue weighted by atomic mass is 16.5. The molecule has 0 aliphatic carbocycles. The number of aliphatic imine (C=N–C) groups is 1. The molecule has 3 aromatic rings. The molecular weight excluding hydrogens is 404 g/mol. The van der Waals surface area contributed by atoms with Gasteiger partial charge in [-0.05, 0) is 25.0 Å². The molecule has 1 aliphatic heterocycles. The molecule has 1 fully saturated rings. The van der Waals surface area contributed by atoms with Gasteiger partial charge in [0.05, 0.1) is 26.0 Å². The summed E-state index contributed by atoms with van der Waals surface area (Å²) < 4.78 is 17.4. The number of rotatable bonds is 8. The maximum atomic E-state index is 6.14. The zero-order valence-corrected chi connectivity index (χ0v) is 18.6. The predicted molar refractivity (Wildman–Crippen MR) is 125 cm³/mol. The summed E-state index contributed by atoms with van der Waals surface area (Å²) >= 11 is 0. The van der Waals surface area contributed by atoms with Crippen LogP contribution in [0.25, 0.3) is 11.3 Å². The second kappa shape index (κ2) is 10.8. The number of oxazole rings is 1. The van der Waals surface area contributed by atoms with E-state index in [-0.39, 0.29) is 0 Å². The Morgan fingerprint density at radius 2 is 2.00 bits per heavy atom. The SMILES string of the molecule is CN=C(NCc1ncc(-c2ccccc2)o1)NCc1ccc(C)cc1OCC1CCOC1. The Morgan fingerprint density at radius 1 is 1.16 bits per heavy atom. The van der Waals surface area contributed by atoms with Crippen molar-refractivity contribution in [3.63, 3.8) is 0 Å². The molecule has 1 aromatic heterocycles. The molecule has 0 saturated carbocycles. The molecule has 1 aliphatic rings. The molecule has 7 heteroatoms. The van der Waals surface area contributed by atoms with Gasteiger partial charge in [-0.15, -0.1) is 0 Å². The largest absolute Gasteiger partial charge is 0.493 e. The van der Waals surface area contributed by atoms with Crippen molar-refractivity contribution in [2.75, 3.05) is 26.9 Å². The van der Waals surface area contributed by atoms with E-state index in [1.165, 1.54) is 5.56 Å². The molecule has 2 N–H and O–H groups in total. The third kappa shape index (κ3) is 5.88. The van der Waals surface area contributed by atoms with Crippen molar-refractivity contribution in [3.05, 3.63) is 71.7 Å². The van der Waals surface area contributed by atoms with Crippen LogP contribution in [0, 0.1) is 12.8 Å². The summed E-state index contributed by atoms with van der Waals surface area (Å²) in [7, 11) is 1.74. The molecule has 1 unspecified atom stereocenters. The van der Waals surface area contributed by atoms with E-state index in [2.05, 4.69) is 45.7 Å². The van der Waals surface area contributed by atoms with Gasteiger partial charge in [0.15, 0.2) is 11.7 Å². The van der Waals surface area contributed by atoms with Gasteiger partial charge >= 0.3 is 0 Å². The number of hydrogen-bond donors (Lipinski definition) is 2. The molecule has 0 spiro atoms. The fourth-order valence-corrected chi connectivity index (χ4v) is 3.55. The molecule has 1 atom stereocenters. The van der Waals surface area contributed by atoms with Crippen LogP contribution in [0.15, 0.2) is 64.1 Å². The maximum Gasteiger partial charge on any atom is 0.214 e. The van der Waals surface area contributed by atoms with E-state index in [1.54, 1.807) is 13.2 Å². The first kappa shape index (κ1) is 21.9. The second-order valence-corrected chi connectivity index (χ2v) is 7.92. The molecule has 168 valence electrons. The van der Waals surface area contributed by atoms with Crippen molar-refractivity contribution in [3.8, 4) is 17.1 Å². The molecule has 0 radical (unpaired) electrons. The van der Waals surface area contributed by atoms with Crippen LogP contribution in [0.3, 0.4) is 0 Å². The predicted octanol–water partition coefficient (Wildman–Crippen LogP) is 3.93. The van der Waals surface area contributed by atoms with Crippen LogP contribution in [0.2, 0.25) is 0 Å². The highest BCUT2D eigenvalue weighted by Gasteiger charge is 2.17. The van der Waals surface area contributed by atoms with Crippen LogP contribution in [-0.2, 0) is 17.8 Å². The first-order chi connectivity index (χ1) is 15.7. The molecule has 2 aromatic carbocycles. The Hall–Kier alpha value is -3.32. The van der Waals surface area contributed by atoms with Crippen LogP contribution in [0.4, 0.5) is 0 Å². The summed E-state index contributed by atoms with van der Waals surface area (Å²) in [6.45, 7) is 5.39. The fourth-order valence-electron chi connectivity index (χ4n) is 3.55. The lowest BCUT2D eigenvalue weighted by Crippen LogP contribution is -2.36. The maximum absolute atomic E-state index is 6.14. The molecule has 0 amide bonds. The summed E-state index contributed by atoms with van der Waals surface area (Å²) in [5.41, 5.74) is 3.26. The van der Waals surface area contributed by atoms with Crippen LogP contribution >= 0.6 is 0 Å². The van der Waals surface area contributed by atoms with E-state index in [0.717, 1.165) is 42.3 Å². The number of aromatic nitrogens is 1. The average Bonchev–Trinajstić information content (AvgIpc) is 3.52. The Balaban J connectivity index is 1.31. The number of nitrogens with zero attached hydrogens (tertiary/aromatic N) is 2. The molecule has 0 bridgehead atoms. The van der Waals surface area contributed by atoms with E-state index in [4.69, 9.17) is 13.9 Å². The quantitative estimate of drug-likeness (QED) is 0.413. The minimum absolute atomic E-state index is 0.436. The molecule has 32 heavy (non-hydrogen) atoms. The third-order valence-electron chi connectivity index (χ3n) is 5.41. The molecule has 7 nitrogen and oxygen atoms in total. The van der Waals surface area contributed by atoms with Gasteiger partial charge in [0.1, 0.15) is 5.75 Å². The number of hydrogen-bond acceptors (Lipinski definition) is 5. The van der Waals surface area contributed by atoms with Gasteiger partial charge in [0.2, 0.25) is 5.89 Å². The van der Waals surface area contributed by atoms with Crippen molar-refractivity contribution in [1.82, 2.24) is 15.6 Å². The molecular formula is C25H30N4O3. The second-order valence-electron chi connectivity index (χ2n) is 7.92. The zero-order valence-electron chi connectivity index (χ0n) is 18.6. The summed E-state index contributed by atoms with van der Waals surface area (Å²) in [5, 5.41) is 6.60. The van der Waals surface area contributed by atoms with Gasteiger partial charge < -0.3 is 24.5 Å². The number of benzene rings is 2. The first-order valence-electron chi connectivity index (χ1n) is 11.0. The van der Waals surface area contributed by atoms with Crippen molar-refractivity contribution in [1.29, 1.82) is 0 Å². The Kier molecular flexibility index (Phi) is 7.40. The molecule has 2 heterocycles. The van der Waals surface area contributed by atoms with Gasteiger partial charge in [-0.2, -0.15) is 0 Å². The monoisotopic (exact) mass is 434 g/mol. The van der Waals surface area contributed by atoms with Gasteiger partial charge in [0.25, 0.3) is 0 Å². The van der Waals surface area contributed by atoms with E-state index in [9.17, 15) is 0 Å². The number of aryl methyl sites for hydroxylation is 1. The molecule has 4 rings (SSSR count). The van der Waals surface area contributed by atoms with E-state index in [0.29, 0.717) is 37.5 Å². The lowest BCUT2D eigenvalue weighted by Gasteiger charge is -2.16. The highest BCUT2D eigenvalue weighted by molar-refractivity contribution is 5.79. The lowest BCUT2D eigenvalue weighted by atomic mass is 10.1. The van der Waals surface area contributed by atoms with Gasteiger partial charge in [-0.1, -0.05) is 42.5 Å². The third-order valence-corrected chi connectivity index (χ3v) is 5.41. The van der Waals surface area contributed by atoms with Gasteiger partial charge in [-0.3, -0.25) is 4.99 Å².